The standard InChI is InChI=1S/C16H15FN4/c17-13-10-14(18)12-2-1-6-20-15(12)16(13)21-9-5-11-3-7-19-8-4-11/h1-4,6-8,10,21H,5,9,18H2. The van der Waals surface area contributed by atoms with Gasteiger partial charge in [-0.25, -0.2) is 4.39 Å². The Kier molecular flexibility index (Phi) is 3.64. The Balaban J connectivity index is 1.84. The van der Waals surface area contributed by atoms with Gasteiger partial charge in [0.25, 0.3) is 0 Å². The predicted molar refractivity (Wildman–Crippen MR) is 82.5 cm³/mol. The summed E-state index contributed by atoms with van der Waals surface area (Å²) in [7, 11) is 0. The molecule has 2 heterocycles. The molecule has 0 radical (unpaired) electrons. The van der Waals surface area contributed by atoms with Crippen LogP contribution in [0.15, 0.2) is 48.9 Å². The van der Waals surface area contributed by atoms with Crippen LogP contribution >= 0.6 is 0 Å². The largest absolute Gasteiger partial charge is 0.398 e. The Morgan fingerprint density at radius 1 is 1.14 bits per heavy atom. The van der Waals surface area contributed by atoms with Gasteiger partial charge in [-0.2, -0.15) is 0 Å². The van der Waals surface area contributed by atoms with Crippen LogP contribution in [-0.4, -0.2) is 16.5 Å². The fourth-order valence-electron chi connectivity index (χ4n) is 2.29. The molecule has 4 nitrogen and oxygen atoms in total. The first-order valence-electron chi connectivity index (χ1n) is 6.71. The first-order chi connectivity index (χ1) is 10.3. The summed E-state index contributed by atoms with van der Waals surface area (Å²) < 4.78 is 14.1. The summed E-state index contributed by atoms with van der Waals surface area (Å²) in [5.74, 6) is -0.381. The minimum Gasteiger partial charge on any atom is -0.398 e. The van der Waals surface area contributed by atoms with Crippen LogP contribution in [0.4, 0.5) is 15.8 Å². The lowest BCUT2D eigenvalue weighted by molar-refractivity contribution is 0.632. The fraction of sp³-hybridized carbons (Fsp3) is 0.125. The number of nitrogens with two attached hydrogens (primary N) is 1. The van der Waals surface area contributed by atoms with E-state index in [-0.39, 0.29) is 5.82 Å². The molecule has 21 heavy (non-hydrogen) atoms. The van der Waals surface area contributed by atoms with Gasteiger partial charge < -0.3 is 11.1 Å². The van der Waals surface area contributed by atoms with E-state index in [1.807, 2.05) is 18.2 Å². The molecule has 1 aromatic carbocycles. The lowest BCUT2D eigenvalue weighted by atomic mass is 10.1. The van der Waals surface area contributed by atoms with Crippen molar-refractivity contribution < 1.29 is 4.39 Å². The van der Waals surface area contributed by atoms with Crippen molar-refractivity contribution in [1.82, 2.24) is 9.97 Å². The second-order valence-corrected chi connectivity index (χ2v) is 4.75. The molecule has 0 fully saturated rings. The third-order valence-corrected chi connectivity index (χ3v) is 3.34. The second-order valence-electron chi connectivity index (χ2n) is 4.75. The molecule has 106 valence electrons. The van der Waals surface area contributed by atoms with E-state index in [4.69, 9.17) is 5.73 Å². The Morgan fingerprint density at radius 2 is 1.95 bits per heavy atom. The summed E-state index contributed by atoms with van der Waals surface area (Å²) in [6.07, 6.45) is 5.90. The minimum absolute atomic E-state index is 0.381. The Bertz CT molecular complexity index is 759. The van der Waals surface area contributed by atoms with Gasteiger partial charge in [0.2, 0.25) is 0 Å². The molecule has 0 bridgehead atoms. The van der Waals surface area contributed by atoms with Gasteiger partial charge in [0.15, 0.2) is 5.82 Å². The van der Waals surface area contributed by atoms with E-state index in [1.165, 1.54) is 6.07 Å². The summed E-state index contributed by atoms with van der Waals surface area (Å²) >= 11 is 0. The van der Waals surface area contributed by atoms with Crippen molar-refractivity contribution in [3.05, 3.63) is 60.3 Å². The van der Waals surface area contributed by atoms with Crippen LogP contribution in [-0.2, 0) is 6.42 Å². The average molecular weight is 282 g/mol. The zero-order valence-electron chi connectivity index (χ0n) is 11.4. The van der Waals surface area contributed by atoms with Crippen molar-refractivity contribution in [1.29, 1.82) is 0 Å². The van der Waals surface area contributed by atoms with E-state index >= 15 is 0 Å². The molecule has 3 rings (SSSR count). The third kappa shape index (κ3) is 2.76. The number of hydrogen-bond donors (Lipinski definition) is 2. The first kappa shape index (κ1) is 13.3. The highest BCUT2D eigenvalue weighted by Crippen LogP contribution is 2.29. The van der Waals surface area contributed by atoms with E-state index in [1.54, 1.807) is 24.7 Å². The van der Waals surface area contributed by atoms with Crippen molar-refractivity contribution in [2.45, 2.75) is 6.42 Å². The van der Waals surface area contributed by atoms with E-state index in [2.05, 4.69) is 15.3 Å². The highest BCUT2D eigenvalue weighted by atomic mass is 19.1. The average Bonchev–Trinajstić information content (AvgIpc) is 2.51. The van der Waals surface area contributed by atoms with E-state index < -0.39 is 0 Å². The van der Waals surface area contributed by atoms with Gasteiger partial charge in [0.1, 0.15) is 0 Å². The molecule has 0 aliphatic carbocycles. The van der Waals surface area contributed by atoms with Gasteiger partial charge in [-0.05, 0) is 42.3 Å². The van der Waals surface area contributed by atoms with E-state index in [9.17, 15) is 4.39 Å². The monoisotopic (exact) mass is 282 g/mol. The number of pyridine rings is 2. The SMILES string of the molecule is Nc1cc(F)c(NCCc2ccncc2)c2ncccc12. The quantitative estimate of drug-likeness (QED) is 0.722. The number of halogens is 1. The summed E-state index contributed by atoms with van der Waals surface area (Å²) in [6.45, 7) is 0.608. The molecule has 0 saturated carbocycles. The van der Waals surface area contributed by atoms with Crippen LogP contribution in [0.2, 0.25) is 0 Å². The van der Waals surface area contributed by atoms with Crippen LogP contribution in [0.1, 0.15) is 5.56 Å². The van der Waals surface area contributed by atoms with Crippen molar-refractivity contribution >= 4 is 22.3 Å². The highest BCUT2D eigenvalue weighted by molar-refractivity contribution is 5.98. The first-order valence-corrected chi connectivity index (χ1v) is 6.71. The van der Waals surface area contributed by atoms with Crippen LogP contribution in [0.25, 0.3) is 10.9 Å². The minimum atomic E-state index is -0.381. The molecular weight excluding hydrogens is 267 g/mol. The van der Waals surface area contributed by atoms with Crippen LogP contribution in [0.5, 0.6) is 0 Å². The number of anilines is 2. The molecule has 0 saturated heterocycles. The lowest BCUT2D eigenvalue weighted by Gasteiger charge is -2.12. The van der Waals surface area contributed by atoms with Crippen molar-refractivity contribution in [3.8, 4) is 0 Å². The van der Waals surface area contributed by atoms with Gasteiger partial charge in [-0.1, -0.05) is 0 Å². The maximum absolute atomic E-state index is 14.1. The van der Waals surface area contributed by atoms with Crippen LogP contribution in [0.3, 0.4) is 0 Å². The number of nitrogens with zero attached hydrogens (tertiary/aromatic N) is 2. The Hall–Kier alpha value is -2.69. The van der Waals surface area contributed by atoms with E-state index in [0.29, 0.717) is 23.4 Å². The van der Waals surface area contributed by atoms with Crippen molar-refractivity contribution in [2.24, 2.45) is 0 Å². The number of hydrogen-bond acceptors (Lipinski definition) is 4. The number of aromatic nitrogens is 2. The zero-order chi connectivity index (χ0) is 14.7. The summed E-state index contributed by atoms with van der Waals surface area (Å²) in [5.41, 5.74) is 8.33. The van der Waals surface area contributed by atoms with Gasteiger partial charge in [0.05, 0.1) is 11.2 Å². The molecule has 5 heteroatoms. The maximum Gasteiger partial charge on any atom is 0.150 e. The number of nitrogens with one attached hydrogen (secondary N) is 1. The lowest BCUT2D eigenvalue weighted by Crippen LogP contribution is -2.08. The number of fused-ring (bicyclic) bond motifs is 1. The Labute approximate surface area is 121 Å². The van der Waals surface area contributed by atoms with Crippen LogP contribution in [0, 0.1) is 5.82 Å². The molecule has 2 aromatic heterocycles. The van der Waals surface area contributed by atoms with Crippen LogP contribution < -0.4 is 11.1 Å². The number of benzene rings is 1. The third-order valence-electron chi connectivity index (χ3n) is 3.34. The smallest absolute Gasteiger partial charge is 0.150 e. The van der Waals surface area contributed by atoms with Gasteiger partial charge >= 0.3 is 0 Å². The number of nitrogen functional groups attached to an aromatic ring is 1. The summed E-state index contributed by atoms with van der Waals surface area (Å²) in [6, 6.07) is 8.84. The number of rotatable bonds is 4. The summed E-state index contributed by atoms with van der Waals surface area (Å²) in [5, 5.41) is 3.87. The van der Waals surface area contributed by atoms with E-state index in [0.717, 1.165) is 17.4 Å². The molecule has 0 amide bonds. The van der Waals surface area contributed by atoms with Crippen molar-refractivity contribution in [3.63, 3.8) is 0 Å². The van der Waals surface area contributed by atoms with Gasteiger partial charge in [-0.3, -0.25) is 9.97 Å². The van der Waals surface area contributed by atoms with Crippen molar-refractivity contribution in [2.75, 3.05) is 17.6 Å². The molecule has 0 aliphatic rings. The predicted octanol–water partition coefficient (Wildman–Crippen LogP) is 3.01. The normalized spacial score (nSPS) is 10.7. The molecule has 0 aliphatic heterocycles. The zero-order valence-corrected chi connectivity index (χ0v) is 11.4. The summed E-state index contributed by atoms with van der Waals surface area (Å²) in [4.78, 5) is 8.21. The highest BCUT2D eigenvalue weighted by Gasteiger charge is 2.11. The molecule has 0 atom stereocenters. The molecule has 3 N–H and O–H groups in total. The fourth-order valence-corrected chi connectivity index (χ4v) is 2.29. The molecule has 3 aromatic rings. The second kappa shape index (κ2) is 5.75. The maximum atomic E-state index is 14.1. The Morgan fingerprint density at radius 3 is 2.76 bits per heavy atom. The topological polar surface area (TPSA) is 63.8 Å². The molecule has 0 spiro atoms. The van der Waals surface area contributed by atoms with Gasteiger partial charge in [-0.15, -0.1) is 0 Å². The molecular formula is C16H15FN4. The molecule has 0 unspecified atom stereocenters. The van der Waals surface area contributed by atoms with Gasteiger partial charge in [0, 0.05) is 36.2 Å².